The van der Waals surface area contributed by atoms with E-state index in [0.717, 1.165) is 22.5 Å². The van der Waals surface area contributed by atoms with Gasteiger partial charge in [0.25, 0.3) is 0 Å². The highest BCUT2D eigenvalue weighted by atomic mass is 32.2. The molecule has 0 spiro atoms. The molecule has 0 amide bonds. The van der Waals surface area contributed by atoms with Crippen LogP contribution < -0.4 is 9.64 Å². The Kier molecular flexibility index (Phi) is 6.37. The summed E-state index contributed by atoms with van der Waals surface area (Å²) in [5.74, 6) is -2.64. The summed E-state index contributed by atoms with van der Waals surface area (Å²) in [6, 6.07) is 6.35. The highest BCUT2D eigenvalue weighted by Crippen LogP contribution is 2.45. The number of hydrogen-bond donors (Lipinski definition) is 1. The molecular weight excluding hydrogens is 468 g/mol. The zero-order chi connectivity index (χ0) is 24.8. The summed E-state index contributed by atoms with van der Waals surface area (Å²) in [6.45, 7) is 1.89. The summed E-state index contributed by atoms with van der Waals surface area (Å²) in [4.78, 5) is 12.2. The Morgan fingerprint density at radius 3 is 2.27 bits per heavy atom. The number of likely N-dealkylation sites (N-methyl/N-ethyl adjacent to an activating group) is 1. The lowest BCUT2D eigenvalue weighted by molar-refractivity contribution is -0.148. The maximum atomic E-state index is 13.9. The molecule has 0 aromatic heterocycles. The highest BCUT2D eigenvalue weighted by molar-refractivity contribution is 7.89. The molecule has 1 aliphatic heterocycles. The highest BCUT2D eigenvalue weighted by Gasteiger charge is 2.40. The molecule has 2 aromatic rings. The normalized spacial score (nSPS) is 16.8. The third kappa shape index (κ3) is 4.91. The molecule has 180 valence electrons. The molecule has 2 aromatic carbocycles. The first-order valence-corrected chi connectivity index (χ1v) is 11.2. The monoisotopic (exact) mass is 490 g/mol. The van der Waals surface area contributed by atoms with Gasteiger partial charge in [0, 0.05) is 31.9 Å². The molecule has 0 atom stereocenters. The number of ether oxygens (including phenoxy) is 1. The van der Waals surface area contributed by atoms with Crippen LogP contribution in [0.4, 0.5) is 28.9 Å². The number of anilines is 2. The Morgan fingerprint density at radius 2 is 1.73 bits per heavy atom. The lowest BCUT2D eigenvalue weighted by atomic mass is 9.95. The maximum Gasteiger partial charge on any atom is 0.420 e. The molecule has 3 rings (SSSR count). The van der Waals surface area contributed by atoms with Gasteiger partial charge >= 0.3 is 12.1 Å². The number of carbonyl (C=O) groups is 1. The van der Waals surface area contributed by atoms with Gasteiger partial charge in [-0.1, -0.05) is 0 Å². The van der Waals surface area contributed by atoms with E-state index in [0.29, 0.717) is 11.8 Å². The molecule has 0 bridgehead atoms. The molecule has 0 aliphatic carbocycles. The Labute approximate surface area is 188 Å². The number of halogens is 4. The van der Waals surface area contributed by atoms with Crippen LogP contribution in [0.25, 0.3) is 0 Å². The van der Waals surface area contributed by atoms with Crippen LogP contribution in [-0.4, -0.2) is 50.5 Å². The van der Waals surface area contributed by atoms with E-state index < -0.39 is 56.2 Å². The van der Waals surface area contributed by atoms with Gasteiger partial charge in [0.2, 0.25) is 10.0 Å². The van der Waals surface area contributed by atoms with Gasteiger partial charge in [-0.05, 0) is 44.2 Å². The second-order valence-electron chi connectivity index (χ2n) is 8.25. The average Bonchev–Trinajstić information content (AvgIpc) is 2.81. The lowest BCUT2D eigenvalue weighted by Crippen LogP contribution is -2.31. The van der Waals surface area contributed by atoms with Crippen molar-refractivity contribution >= 4 is 27.4 Å². The van der Waals surface area contributed by atoms with Crippen molar-refractivity contribution in [3.05, 3.63) is 47.8 Å². The first-order chi connectivity index (χ1) is 15.1. The Hall–Kier alpha value is -2.86. The predicted octanol–water partition coefficient (Wildman–Crippen LogP) is 4.11. The van der Waals surface area contributed by atoms with Crippen LogP contribution in [0.15, 0.2) is 41.3 Å². The van der Waals surface area contributed by atoms with Crippen molar-refractivity contribution in [2.24, 2.45) is 5.41 Å². The van der Waals surface area contributed by atoms with Crippen LogP contribution in [0.3, 0.4) is 0 Å². The minimum atomic E-state index is -4.92. The molecule has 0 unspecified atom stereocenters. The maximum absolute atomic E-state index is 13.9. The first kappa shape index (κ1) is 24.8. The second kappa shape index (κ2) is 8.49. The Bertz CT molecular complexity index is 1160. The molecule has 1 aliphatic rings. The van der Waals surface area contributed by atoms with Crippen LogP contribution in [0, 0.1) is 11.2 Å². The second-order valence-corrected chi connectivity index (χ2v) is 10.3. The quantitative estimate of drug-likeness (QED) is 0.635. The zero-order valence-corrected chi connectivity index (χ0v) is 18.8. The number of hydrogen-bond acceptors (Lipinski definition) is 5. The molecule has 7 nitrogen and oxygen atoms in total. The van der Waals surface area contributed by atoms with Crippen LogP contribution >= 0.6 is 0 Å². The Balaban J connectivity index is 2.23. The molecule has 1 heterocycles. The summed E-state index contributed by atoms with van der Waals surface area (Å²) in [5.41, 5.74) is -2.72. The van der Waals surface area contributed by atoms with Crippen molar-refractivity contribution in [3.63, 3.8) is 0 Å². The number of rotatable bonds is 5. The van der Waals surface area contributed by atoms with Gasteiger partial charge in [0.05, 0.1) is 16.7 Å². The van der Waals surface area contributed by atoms with Gasteiger partial charge in [-0.25, -0.2) is 12.8 Å². The SMILES string of the molecule is CN1CCN(c2ccc(F)cc2)c2cc(C(F)(F)F)c(OCC(C)(C)C(=O)O)cc2S1(=O)=O. The van der Waals surface area contributed by atoms with E-state index in [1.54, 1.807) is 0 Å². The fraction of sp³-hybridized carbons (Fsp3) is 0.381. The summed E-state index contributed by atoms with van der Waals surface area (Å²) < 4.78 is 87.6. The van der Waals surface area contributed by atoms with E-state index in [2.05, 4.69) is 0 Å². The standard InChI is InChI=1S/C21H22F4N2O5S/c1-20(2,19(28)29)12-32-17-11-18-16(10-15(17)21(23,24)25)27(9-8-26(3)33(18,30)31)14-6-4-13(22)5-7-14/h4-7,10-11H,8-9,12H2,1-3H3,(H,28,29). The number of nitrogens with zero attached hydrogens (tertiary/aromatic N) is 2. The molecule has 1 N–H and O–H groups in total. The topological polar surface area (TPSA) is 87.2 Å². The minimum absolute atomic E-state index is 0.0118. The van der Waals surface area contributed by atoms with E-state index in [-0.39, 0.29) is 18.8 Å². The molecule has 0 saturated carbocycles. The van der Waals surface area contributed by atoms with Crippen LogP contribution in [-0.2, 0) is 21.0 Å². The molecule has 0 saturated heterocycles. The first-order valence-electron chi connectivity index (χ1n) is 9.75. The number of fused-ring (bicyclic) bond motifs is 1. The number of benzene rings is 2. The van der Waals surface area contributed by atoms with Crippen molar-refractivity contribution < 1.29 is 40.6 Å². The summed E-state index contributed by atoms with van der Waals surface area (Å²) in [7, 11) is -2.92. The number of sulfonamides is 1. The Morgan fingerprint density at radius 1 is 1.12 bits per heavy atom. The van der Waals surface area contributed by atoms with Crippen molar-refractivity contribution in [1.82, 2.24) is 4.31 Å². The van der Waals surface area contributed by atoms with E-state index in [4.69, 9.17) is 4.74 Å². The number of aliphatic carboxylic acids is 1. The lowest BCUT2D eigenvalue weighted by Gasteiger charge is -2.27. The van der Waals surface area contributed by atoms with Crippen LogP contribution in [0.5, 0.6) is 5.75 Å². The van der Waals surface area contributed by atoms with Gasteiger partial charge in [0.1, 0.15) is 23.1 Å². The third-order valence-electron chi connectivity index (χ3n) is 5.29. The van der Waals surface area contributed by atoms with E-state index in [1.165, 1.54) is 37.9 Å². The van der Waals surface area contributed by atoms with E-state index >= 15 is 0 Å². The molecule has 0 fully saturated rings. The average molecular weight is 490 g/mol. The fourth-order valence-electron chi connectivity index (χ4n) is 3.17. The van der Waals surface area contributed by atoms with E-state index in [1.807, 2.05) is 0 Å². The summed E-state index contributed by atoms with van der Waals surface area (Å²) in [5, 5.41) is 9.24. The zero-order valence-electron chi connectivity index (χ0n) is 18.0. The van der Waals surface area contributed by atoms with Gasteiger partial charge in [0.15, 0.2) is 0 Å². The molecule has 33 heavy (non-hydrogen) atoms. The van der Waals surface area contributed by atoms with Crippen molar-refractivity contribution in [2.75, 3.05) is 31.6 Å². The fourth-order valence-corrected chi connectivity index (χ4v) is 4.51. The van der Waals surface area contributed by atoms with Crippen molar-refractivity contribution in [3.8, 4) is 5.75 Å². The molecular formula is C21H22F4N2O5S. The minimum Gasteiger partial charge on any atom is -0.492 e. The van der Waals surface area contributed by atoms with E-state index in [9.17, 15) is 35.9 Å². The van der Waals surface area contributed by atoms with Crippen LogP contribution in [0.2, 0.25) is 0 Å². The summed E-state index contributed by atoms with van der Waals surface area (Å²) >= 11 is 0. The van der Waals surface area contributed by atoms with Crippen molar-refractivity contribution in [2.45, 2.75) is 24.9 Å². The predicted molar refractivity (Wildman–Crippen MR) is 112 cm³/mol. The number of carboxylic acids is 1. The van der Waals surface area contributed by atoms with Crippen molar-refractivity contribution in [1.29, 1.82) is 0 Å². The summed E-state index contributed by atoms with van der Waals surface area (Å²) in [6.07, 6.45) is -4.92. The van der Waals surface area contributed by atoms with Crippen LogP contribution in [0.1, 0.15) is 19.4 Å². The van der Waals surface area contributed by atoms with Gasteiger partial charge in [-0.15, -0.1) is 0 Å². The smallest absolute Gasteiger partial charge is 0.420 e. The number of alkyl halides is 3. The third-order valence-corrected chi connectivity index (χ3v) is 7.18. The largest absolute Gasteiger partial charge is 0.492 e. The van der Waals surface area contributed by atoms with Gasteiger partial charge < -0.3 is 14.7 Å². The number of carboxylic acid groups (broad SMARTS) is 1. The van der Waals surface area contributed by atoms with Gasteiger partial charge in [-0.2, -0.15) is 17.5 Å². The molecule has 12 heteroatoms. The molecule has 0 radical (unpaired) electrons. The van der Waals surface area contributed by atoms with Gasteiger partial charge in [-0.3, -0.25) is 4.79 Å².